The van der Waals surface area contributed by atoms with Crippen molar-refractivity contribution in [1.29, 1.82) is 0 Å². The molecule has 1 aromatic heterocycles. The van der Waals surface area contributed by atoms with Crippen LogP contribution in [0.15, 0.2) is 0 Å². The highest BCUT2D eigenvalue weighted by molar-refractivity contribution is 5.13. The number of nitrogens with two attached hydrogens (primary N) is 1. The second kappa shape index (κ2) is 2.05. The summed E-state index contributed by atoms with van der Waals surface area (Å²) >= 11 is 0. The molecule has 0 amide bonds. The zero-order chi connectivity index (χ0) is 6.85. The summed E-state index contributed by atoms with van der Waals surface area (Å²) in [5, 5.41) is 3.87. The Balaban J connectivity index is 3.01. The van der Waals surface area contributed by atoms with Crippen LogP contribution in [0.1, 0.15) is 12.7 Å². The lowest BCUT2D eigenvalue weighted by Gasteiger charge is -1.89. The molecular weight excluding hydrogens is 116 g/mol. The van der Waals surface area contributed by atoms with Crippen molar-refractivity contribution in [3.05, 3.63) is 5.82 Å². The minimum absolute atomic E-state index is 0.356. The van der Waals surface area contributed by atoms with E-state index in [2.05, 4.69) is 10.1 Å². The second-order valence-electron chi connectivity index (χ2n) is 1.86. The lowest BCUT2D eigenvalue weighted by atomic mass is 10.5. The third kappa shape index (κ3) is 1.01. The molecule has 0 aromatic carbocycles. The standard InChI is InChI=1S/C5H10N4/c1-3-4-7-5(6)8-9(4)2/h3H2,1-2H3,(H2,6,8). The Kier molecular flexibility index (Phi) is 1.38. The van der Waals surface area contributed by atoms with Gasteiger partial charge < -0.3 is 5.73 Å². The summed E-state index contributed by atoms with van der Waals surface area (Å²) in [6.07, 6.45) is 0.876. The second-order valence-corrected chi connectivity index (χ2v) is 1.86. The van der Waals surface area contributed by atoms with E-state index in [1.807, 2.05) is 14.0 Å². The van der Waals surface area contributed by atoms with E-state index < -0.39 is 0 Å². The van der Waals surface area contributed by atoms with Gasteiger partial charge in [0.05, 0.1) is 0 Å². The van der Waals surface area contributed by atoms with Crippen LogP contribution < -0.4 is 5.73 Å². The van der Waals surface area contributed by atoms with E-state index in [0.717, 1.165) is 12.2 Å². The third-order valence-corrected chi connectivity index (χ3v) is 1.19. The van der Waals surface area contributed by atoms with Crippen molar-refractivity contribution < 1.29 is 0 Å². The largest absolute Gasteiger partial charge is 0.366 e. The van der Waals surface area contributed by atoms with E-state index in [1.165, 1.54) is 0 Å². The minimum Gasteiger partial charge on any atom is -0.366 e. The van der Waals surface area contributed by atoms with Crippen LogP contribution in [0.2, 0.25) is 0 Å². The third-order valence-electron chi connectivity index (χ3n) is 1.19. The van der Waals surface area contributed by atoms with Gasteiger partial charge in [-0.1, -0.05) is 6.92 Å². The molecule has 0 saturated heterocycles. The number of anilines is 1. The first-order valence-electron chi connectivity index (χ1n) is 2.89. The molecule has 0 unspecified atom stereocenters. The van der Waals surface area contributed by atoms with Crippen molar-refractivity contribution in [2.45, 2.75) is 13.3 Å². The lowest BCUT2D eigenvalue weighted by Crippen LogP contribution is -1.96. The zero-order valence-electron chi connectivity index (χ0n) is 5.63. The minimum atomic E-state index is 0.356. The molecule has 1 rings (SSSR count). The van der Waals surface area contributed by atoms with Crippen molar-refractivity contribution in [2.75, 3.05) is 5.73 Å². The van der Waals surface area contributed by atoms with Gasteiger partial charge in [-0.15, -0.1) is 5.10 Å². The van der Waals surface area contributed by atoms with Crippen molar-refractivity contribution in [3.8, 4) is 0 Å². The average molecular weight is 126 g/mol. The summed E-state index contributed by atoms with van der Waals surface area (Å²) in [6, 6.07) is 0. The highest BCUT2D eigenvalue weighted by Gasteiger charge is 1.98. The van der Waals surface area contributed by atoms with Gasteiger partial charge in [-0.05, 0) is 0 Å². The molecule has 9 heavy (non-hydrogen) atoms. The van der Waals surface area contributed by atoms with Gasteiger partial charge in [-0.25, -0.2) is 0 Å². The smallest absolute Gasteiger partial charge is 0.239 e. The molecule has 1 heterocycles. The molecule has 4 heteroatoms. The molecule has 0 atom stereocenters. The van der Waals surface area contributed by atoms with Gasteiger partial charge in [0.1, 0.15) is 5.82 Å². The van der Waals surface area contributed by atoms with Crippen LogP contribution in [0.5, 0.6) is 0 Å². The SMILES string of the molecule is CCc1nc(N)nn1C. The van der Waals surface area contributed by atoms with Crippen LogP contribution in [0, 0.1) is 0 Å². The molecule has 0 aliphatic rings. The maximum atomic E-state index is 5.31. The Morgan fingerprint density at radius 1 is 1.67 bits per heavy atom. The van der Waals surface area contributed by atoms with E-state index in [0.29, 0.717) is 5.95 Å². The van der Waals surface area contributed by atoms with E-state index in [4.69, 9.17) is 5.73 Å². The average Bonchev–Trinajstić information content (AvgIpc) is 2.10. The van der Waals surface area contributed by atoms with Gasteiger partial charge >= 0.3 is 0 Å². The number of nitrogen functional groups attached to an aromatic ring is 1. The van der Waals surface area contributed by atoms with Crippen LogP contribution in [0.4, 0.5) is 5.95 Å². The Bertz CT molecular complexity index is 203. The molecule has 50 valence electrons. The molecule has 2 N–H and O–H groups in total. The van der Waals surface area contributed by atoms with Gasteiger partial charge in [0.2, 0.25) is 5.95 Å². The van der Waals surface area contributed by atoms with E-state index in [-0.39, 0.29) is 0 Å². The summed E-state index contributed by atoms with van der Waals surface area (Å²) in [4.78, 5) is 3.96. The van der Waals surface area contributed by atoms with Crippen molar-refractivity contribution in [1.82, 2.24) is 14.8 Å². The van der Waals surface area contributed by atoms with Crippen LogP contribution >= 0.6 is 0 Å². The summed E-state index contributed by atoms with van der Waals surface area (Å²) in [5.41, 5.74) is 5.31. The van der Waals surface area contributed by atoms with Gasteiger partial charge in [-0.2, -0.15) is 4.98 Å². The number of aryl methyl sites for hydroxylation is 2. The normalized spacial score (nSPS) is 10.0. The fourth-order valence-corrected chi connectivity index (χ4v) is 0.746. The summed E-state index contributed by atoms with van der Waals surface area (Å²) in [7, 11) is 1.84. The Morgan fingerprint density at radius 2 is 2.33 bits per heavy atom. The van der Waals surface area contributed by atoms with Crippen LogP contribution in [0.3, 0.4) is 0 Å². The molecule has 0 radical (unpaired) electrons. The predicted octanol–water partition coefficient (Wildman–Crippen LogP) is -0.0403. The molecule has 0 saturated carbocycles. The molecule has 4 nitrogen and oxygen atoms in total. The molecule has 0 spiro atoms. The molecule has 0 bridgehead atoms. The maximum absolute atomic E-state index is 5.31. The predicted molar refractivity (Wildman–Crippen MR) is 34.8 cm³/mol. The number of hydrogen-bond donors (Lipinski definition) is 1. The summed E-state index contributed by atoms with van der Waals surface area (Å²) in [5.74, 6) is 1.28. The van der Waals surface area contributed by atoms with Crippen LogP contribution in [-0.2, 0) is 13.5 Å². The molecule has 0 aliphatic heterocycles. The van der Waals surface area contributed by atoms with Crippen molar-refractivity contribution in [2.24, 2.45) is 7.05 Å². The highest BCUT2D eigenvalue weighted by atomic mass is 15.4. The molecule has 1 aromatic rings. The summed E-state index contributed by atoms with van der Waals surface area (Å²) < 4.78 is 1.69. The fraction of sp³-hybridized carbons (Fsp3) is 0.600. The zero-order valence-corrected chi connectivity index (χ0v) is 5.63. The Hall–Kier alpha value is -1.06. The lowest BCUT2D eigenvalue weighted by molar-refractivity contribution is 0.711. The number of aromatic nitrogens is 3. The molecular formula is C5H10N4. The van der Waals surface area contributed by atoms with Crippen molar-refractivity contribution in [3.63, 3.8) is 0 Å². The topological polar surface area (TPSA) is 56.7 Å². The number of rotatable bonds is 1. The quantitative estimate of drug-likeness (QED) is 0.574. The van der Waals surface area contributed by atoms with Gasteiger partial charge in [0.25, 0.3) is 0 Å². The first kappa shape index (κ1) is 6.07. The van der Waals surface area contributed by atoms with Gasteiger partial charge in [-0.3, -0.25) is 4.68 Å². The van der Waals surface area contributed by atoms with Crippen molar-refractivity contribution >= 4 is 5.95 Å². The van der Waals surface area contributed by atoms with E-state index >= 15 is 0 Å². The first-order chi connectivity index (χ1) is 4.24. The summed E-state index contributed by atoms with van der Waals surface area (Å²) in [6.45, 7) is 2.02. The van der Waals surface area contributed by atoms with E-state index in [1.54, 1.807) is 4.68 Å². The Labute approximate surface area is 53.7 Å². The van der Waals surface area contributed by atoms with Gasteiger partial charge in [0, 0.05) is 13.5 Å². The van der Waals surface area contributed by atoms with Gasteiger partial charge in [0.15, 0.2) is 0 Å². The number of nitrogens with zero attached hydrogens (tertiary/aromatic N) is 3. The monoisotopic (exact) mass is 126 g/mol. The highest BCUT2D eigenvalue weighted by Crippen LogP contribution is 1.96. The molecule has 0 aliphatic carbocycles. The van der Waals surface area contributed by atoms with Crippen LogP contribution in [0.25, 0.3) is 0 Å². The van der Waals surface area contributed by atoms with E-state index in [9.17, 15) is 0 Å². The van der Waals surface area contributed by atoms with Crippen LogP contribution in [-0.4, -0.2) is 14.8 Å². The fourth-order valence-electron chi connectivity index (χ4n) is 0.746. The maximum Gasteiger partial charge on any atom is 0.239 e. The molecule has 0 fully saturated rings. The first-order valence-corrected chi connectivity index (χ1v) is 2.89. The number of hydrogen-bond acceptors (Lipinski definition) is 3. The Morgan fingerprint density at radius 3 is 2.56 bits per heavy atom.